The zero-order chi connectivity index (χ0) is 23.2. The van der Waals surface area contributed by atoms with Crippen LogP contribution in [0.1, 0.15) is 22.9 Å². The van der Waals surface area contributed by atoms with Crippen LogP contribution in [0.4, 0.5) is 5.69 Å². The molecule has 0 spiro atoms. The van der Waals surface area contributed by atoms with Crippen LogP contribution in [-0.2, 0) is 20.8 Å². The largest absolute Gasteiger partial charge is 0.480 e. The highest BCUT2D eigenvalue weighted by Gasteiger charge is 2.69. The third kappa shape index (κ3) is 3.24. The predicted molar refractivity (Wildman–Crippen MR) is 121 cm³/mol. The van der Waals surface area contributed by atoms with E-state index in [1.807, 2.05) is 49.4 Å². The standard InChI is InChI=1S/C26H23N3O4/c1-16-9-5-6-13-19(16)29-23(30)20-21(24(29)31)26(25(32)33,15-17-10-3-2-4-11-17)28-22(20)18-12-7-8-14-27-18/h2-14,20-22,28H,15H2,1H3,(H,32,33). The highest BCUT2D eigenvalue weighted by atomic mass is 16.4. The molecule has 3 heterocycles. The molecule has 7 heteroatoms. The number of imide groups is 1. The molecular weight excluding hydrogens is 418 g/mol. The summed E-state index contributed by atoms with van der Waals surface area (Å²) in [5, 5.41) is 13.7. The number of aliphatic carboxylic acids is 1. The average Bonchev–Trinajstić information content (AvgIpc) is 3.30. The van der Waals surface area contributed by atoms with Crippen molar-refractivity contribution in [2.24, 2.45) is 11.8 Å². The highest BCUT2D eigenvalue weighted by Crippen LogP contribution is 2.50. The Morgan fingerprint density at radius 2 is 1.70 bits per heavy atom. The van der Waals surface area contributed by atoms with Gasteiger partial charge in [-0.3, -0.25) is 24.7 Å². The minimum atomic E-state index is -1.65. The van der Waals surface area contributed by atoms with E-state index in [0.29, 0.717) is 11.4 Å². The highest BCUT2D eigenvalue weighted by molar-refractivity contribution is 6.24. The first kappa shape index (κ1) is 21.0. The number of aryl methyl sites for hydroxylation is 1. The Kier molecular flexibility index (Phi) is 5.06. The van der Waals surface area contributed by atoms with E-state index in [2.05, 4.69) is 10.3 Å². The van der Waals surface area contributed by atoms with E-state index in [-0.39, 0.29) is 6.42 Å². The van der Waals surface area contributed by atoms with Crippen molar-refractivity contribution >= 4 is 23.5 Å². The second-order valence-corrected chi connectivity index (χ2v) is 8.62. The lowest BCUT2D eigenvalue weighted by atomic mass is 9.76. The lowest BCUT2D eigenvalue weighted by molar-refractivity contribution is -0.148. The van der Waals surface area contributed by atoms with Crippen LogP contribution in [0.2, 0.25) is 0 Å². The van der Waals surface area contributed by atoms with Gasteiger partial charge < -0.3 is 5.11 Å². The number of carbonyl (C=O) groups is 3. The summed E-state index contributed by atoms with van der Waals surface area (Å²) >= 11 is 0. The molecule has 4 unspecified atom stereocenters. The molecule has 166 valence electrons. The second kappa shape index (κ2) is 7.94. The van der Waals surface area contributed by atoms with Crippen molar-refractivity contribution in [2.75, 3.05) is 4.90 Å². The van der Waals surface area contributed by atoms with Crippen LogP contribution in [0.25, 0.3) is 0 Å². The fourth-order valence-corrected chi connectivity index (χ4v) is 5.22. The Balaban J connectivity index is 1.67. The summed E-state index contributed by atoms with van der Waals surface area (Å²) in [7, 11) is 0. The van der Waals surface area contributed by atoms with Gasteiger partial charge in [0.05, 0.1) is 29.3 Å². The van der Waals surface area contributed by atoms with Gasteiger partial charge in [0, 0.05) is 12.6 Å². The summed E-state index contributed by atoms with van der Waals surface area (Å²) < 4.78 is 0. The van der Waals surface area contributed by atoms with Gasteiger partial charge in [0.25, 0.3) is 0 Å². The molecule has 2 aromatic carbocycles. The molecule has 0 radical (unpaired) electrons. The smallest absolute Gasteiger partial charge is 0.325 e. The molecular formula is C26H23N3O4. The first-order chi connectivity index (χ1) is 15.9. The normalized spacial score (nSPS) is 26.5. The van der Waals surface area contributed by atoms with E-state index in [9.17, 15) is 19.5 Å². The van der Waals surface area contributed by atoms with Gasteiger partial charge in [-0.2, -0.15) is 0 Å². The molecule has 1 aromatic heterocycles. The van der Waals surface area contributed by atoms with Crippen molar-refractivity contribution < 1.29 is 19.5 Å². The summed E-state index contributed by atoms with van der Waals surface area (Å²) in [4.78, 5) is 46.0. The number of rotatable bonds is 5. The van der Waals surface area contributed by atoms with Gasteiger partial charge in [-0.1, -0.05) is 54.6 Å². The number of hydrogen-bond acceptors (Lipinski definition) is 5. The molecule has 2 amide bonds. The maximum Gasteiger partial charge on any atom is 0.325 e. The molecule has 3 aromatic rings. The Bertz CT molecular complexity index is 1230. The van der Waals surface area contributed by atoms with Gasteiger partial charge >= 0.3 is 5.97 Å². The minimum Gasteiger partial charge on any atom is -0.480 e. The number of anilines is 1. The summed E-state index contributed by atoms with van der Waals surface area (Å²) in [6, 6.07) is 20.9. The fraction of sp³-hybridized carbons (Fsp3) is 0.231. The number of amides is 2. The number of para-hydroxylation sites is 1. The summed E-state index contributed by atoms with van der Waals surface area (Å²) in [5.74, 6) is -4.02. The van der Waals surface area contributed by atoms with Crippen LogP contribution in [0.3, 0.4) is 0 Å². The quantitative estimate of drug-likeness (QED) is 0.591. The van der Waals surface area contributed by atoms with Crippen LogP contribution in [0.5, 0.6) is 0 Å². The lowest BCUT2D eigenvalue weighted by Crippen LogP contribution is -2.57. The zero-order valence-electron chi connectivity index (χ0n) is 18.0. The average molecular weight is 441 g/mol. The van der Waals surface area contributed by atoms with Gasteiger partial charge in [0.1, 0.15) is 5.54 Å². The molecule has 2 aliphatic rings. The Hall–Kier alpha value is -3.84. The molecule has 2 fully saturated rings. The predicted octanol–water partition coefficient (Wildman–Crippen LogP) is 2.91. The van der Waals surface area contributed by atoms with Crippen molar-refractivity contribution in [3.63, 3.8) is 0 Å². The molecule has 2 aliphatic heterocycles. The van der Waals surface area contributed by atoms with Gasteiger partial charge in [-0.05, 0) is 36.2 Å². The Labute approximate surface area is 191 Å². The van der Waals surface area contributed by atoms with Crippen molar-refractivity contribution in [2.45, 2.75) is 24.9 Å². The van der Waals surface area contributed by atoms with Gasteiger partial charge in [-0.15, -0.1) is 0 Å². The number of pyridine rings is 1. The van der Waals surface area contributed by atoms with E-state index < -0.39 is 41.2 Å². The lowest BCUT2D eigenvalue weighted by Gasteiger charge is -2.31. The van der Waals surface area contributed by atoms with Crippen molar-refractivity contribution in [1.29, 1.82) is 0 Å². The number of benzene rings is 2. The number of hydrogen-bond donors (Lipinski definition) is 2. The molecule has 0 aliphatic carbocycles. The molecule has 0 saturated carbocycles. The number of carbonyl (C=O) groups excluding carboxylic acids is 2. The van der Waals surface area contributed by atoms with Gasteiger partial charge in [0.15, 0.2) is 0 Å². The first-order valence-electron chi connectivity index (χ1n) is 10.8. The van der Waals surface area contributed by atoms with E-state index >= 15 is 0 Å². The maximum absolute atomic E-state index is 13.8. The fourth-order valence-electron chi connectivity index (χ4n) is 5.22. The monoisotopic (exact) mass is 441 g/mol. The van der Waals surface area contributed by atoms with Crippen LogP contribution in [0.15, 0.2) is 79.0 Å². The maximum atomic E-state index is 13.8. The van der Waals surface area contributed by atoms with Crippen LogP contribution >= 0.6 is 0 Å². The summed E-state index contributed by atoms with van der Waals surface area (Å²) in [6.07, 6.45) is 1.67. The molecule has 2 N–H and O–H groups in total. The Morgan fingerprint density at radius 1 is 1.00 bits per heavy atom. The number of nitrogens with zero attached hydrogens (tertiary/aromatic N) is 2. The van der Waals surface area contributed by atoms with Crippen molar-refractivity contribution in [3.05, 3.63) is 95.8 Å². The molecule has 33 heavy (non-hydrogen) atoms. The van der Waals surface area contributed by atoms with E-state index in [4.69, 9.17) is 0 Å². The van der Waals surface area contributed by atoms with Crippen molar-refractivity contribution in [1.82, 2.24) is 10.3 Å². The first-order valence-corrected chi connectivity index (χ1v) is 10.8. The number of nitrogens with one attached hydrogen (secondary N) is 1. The Morgan fingerprint density at radius 3 is 2.36 bits per heavy atom. The summed E-state index contributed by atoms with van der Waals surface area (Å²) in [5.41, 5.74) is 0.906. The summed E-state index contributed by atoms with van der Waals surface area (Å²) in [6.45, 7) is 1.83. The van der Waals surface area contributed by atoms with E-state index in [1.165, 1.54) is 4.90 Å². The number of carboxylic acids is 1. The molecule has 2 saturated heterocycles. The molecule has 4 atom stereocenters. The van der Waals surface area contributed by atoms with Gasteiger partial charge in [-0.25, -0.2) is 4.90 Å². The van der Waals surface area contributed by atoms with Crippen LogP contribution in [-0.4, -0.2) is 33.4 Å². The second-order valence-electron chi connectivity index (χ2n) is 8.62. The third-order valence-electron chi connectivity index (χ3n) is 6.72. The third-order valence-corrected chi connectivity index (χ3v) is 6.72. The number of fused-ring (bicyclic) bond motifs is 1. The topological polar surface area (TPSA) is 99.6 Å². The number of carboxylic acid groups (broad SMARTS) is 1. The molecule has 5 rings (SSSR count). The SMILES string of the molecule is Cc1ccccc1N1C(=O)C2C(c3ccccn3)NC(Cc3ccccc3)(C(=O)O)C2C1=O. The van der Waals surface area contributed by atoms with E-state index in [1.54, 1.807) is 36.5 Å². The minimum absolute atomic E-state index is 0.0638. The zero-order valence-corrected chi connectivity index (χ0v) is 18.0. The number of aromatic nitrogens is 1. The van der Waals surface area contributed by atoms with Gasteiger partial charge in [0.2, 0.25) is 11.8 Å². The van der Waals surface area contributed by atoms with Crippen LogP contribution in [0, 0.1) is 18.8 Å². The van der Waals surface area contributed by atoms with E-state index in [0.717, 1.165) is 11.1 Å². The molecule has 0 bridgehead atoms. The van der Waals surface area contributed by atoms with Crippen LogP contribution < -0.4 is 10.2 Å². The molecule has 7 nitrogen and oxygen atoms in total. The van der Waals surface area contributed by atoms with Crippen molar-refractivity contribution in [3.8, 4) is 0 Å².